The highest BCUT2D eigenvalue weighted by Gasteiger charge is 2.03. The minimum Gasteiger partial charge on any atom is -0.490 e. The molecule has 0 spiro atoms. The van der Waals surface area contributed by atoms with Crippen LogP contribution in [0.3, 0.4) is 0 Å². The Morgan fingerprint density at radius 2 is 1.43 bits per heavy atom. The number of rotatable bonds is 8. The topological polar surface area (TPSA) is 39.7 Å². The number of hydrogen-bond acceptors (Lipinski definition) is 4. The fraction of sp³-hybridized carbons (Fsp3) is 0.294. The van der Waals surface area contributed by atoms with Crippen molar-refractivity contribution in [2.45, 2.75) is 6.92 Å². The number of para-hydroxylation sites is 2. The van der Waals surface area contributed by atoms with Crippen LogP contribution in [-0.4, -0.2) is 26.9 Å². The maximum Gasteiger partial charge on any atom is 0.161 e. The fourth-order valence-corrected chi connectivity index (χ4v) is 1.87. The first-order valence-corrected chi connectivity index (χ1v) is 7.08. The monoisotopic (exact) mass is 287 g/mol. The van der Waals surface area contributed by atoms with E-state index in [0.29, 0.717) is 19.8 Å². The average Bonchev–Trinajstić information content (AvgIpc) is 2.54. The summed E-state index contributed by atoms with van der Waals surface area (Å²) in [4.78, 5) is 0. The van der Waals surface area contributed by atoms with Crippen molar-refractivity contribution >= 4 is 5.69 Å². The molecule has 4 nitrogen and oxygen atoms in total. The molecule has 4 heteroatoms. The van der Waals surface area contributed by atoms with Crippen LogP contribution >= 0.6 is 0 Å². The van der Waals surface area contributed by atoms with Crippen molar-refractivity contribution in [2.24, 2.45) is 0 Å². The number of ether oxygens (including phenoxy) is 3. The number of benzene rings is 2. The lowest BCUT2D eigenvalue weighted by molar-refractivity contribution is 0.208. The van der Waals surface area contributed by atoms with Crippen LogP contribution in [0.25, 0.3) is 0 Å². The second-order valence-corrected chi connectivity index (χ2v) is 4.35. The molecule has 112 valence electrons. The summed E-state index contributed by atoms with van der Waals surface area (Å²) in [5.74, 6) is 2.34. The lowest BCUT2D eigenvalue weighted by Crippen LogP contribution is -2.09. The predicted molar refractivity (Wildman–Crippen MR) is 84.6 cm³/mol. The van der Waals surface area contributed by atoms with Gasteiger partial charge in [-0.25, -0.2) is 0 Å². The van der Waals surface area contributed by atoms with Crippen molar-refractivity contribution in [3.05, 3.63) is 48.5 Å². The van der Waals surface area contributed by atoms with Crippen LogP contribution in [0.2, 0.25) is 0 Å². The Morgan fingerprint density at radius 1 is 0.810 bits per heavy atom. The third-order valence-corrected chi connectivity index (χ3v) is 2.90. The number of hydrogen-bond donors (Lipinski definition) is 1. The Balaban J connectivity index is 1.79. The van der Waals surface area contributed by atoms with Crippen LogP contribution in [-0.2, 0) is 0 Å². The van der Waals surface area contributed by atoms with Gasteiger partial charge in [0.25, 0.3) is 0 Å². The van der Waals surface area contributed by atoms with Crippen LogP contribution < -0.4 is 19.5 Å². The summed E-state index contributed by atoms with van der Waals surface area (Å²) >= 11 is 0. The largest absolute Gasteiger partial charge is 0.490 e. The molecule has 0 aliphatic heterocycles. The van der Waals surface area contributed by atoms with Gasteiger partial charge in [0.15, 0.2) is 11.5 Å². The first-order valence-electron chi connectivity index (χ1n) is 7.08. The van der Waals surface area contributed by atoms with E-state index in [1.54, 1.807) is 0 Å². The van der Waals surface area contributed by atoms with E-state index in [0.717, 1.165) is 22.9 Å². The van der Waals surface area contributed by atoms with Gasteiger partial charge in [-0.15, -0.1) is 0 Å². The third kappa shape index (κ3) is 4.60. The van der Waals surface area contributed by atoms with E-state index in [-0.39, 0.29) is 0 Å². The molecule has 21 heavy (non-hydrogen) atoms. The smallest absolute Gasteiger partial charge is 0.161 e. The molecule has 0 aliphatic carbocycles. The first-order chi connectivity index (χ1) is 10.3. The van der Waals surface area contributed by atoms with E-state index in [4.69, 9.17) is 14.2 Å². The molecule has 0 amide bonds. The van der Waals surface area contributed by atoms with Gasteiger partial charge in [0, 0.05) is 12.7 Å². The number of nitrogens with one attached hydrogen (secondary N) is 1. The molecular formula is C17H21NO3. The summed E-state index contributed by atoms with van der Waals surface area (Å²) < 4.78 is 16.8. The summed E-state index contributed by atoms with van der Waals surface area (Å²) in [5, 5.41) is 3.07. The molecule has 0 atom stereocenters. The summed E-state index contributed by atoms with van der Waals surface area (Å²) in [6.45, 7) is 3.53. The molecule has 0 fully saturated rings. The van der Waals surface area contributed by atoms with Gasteiger partial charge >= 0.3 is 0 Å². The van der Waals surface area contributed by atoms with E-state index >= 15 is 0 Å². The average molecular weight is 287 g/mol. The third-order valence-electron chi connectivity index (χ3n) is 2.90. The quantitative estimate of drug-likeness (QED) is 0.753. The van der Waals surface area contributed by atoms with Crippen LogP contribution in [0.15, 0.2) is 48.5 Å². The lowest BCUT2D eigenvalue weighted by atomic mass is 10.3. The molecule has 0 heterocycles. The van der Waals surface area contributed by atoms with Gasteiger partial charge in [0.05, 0.1) is 6.61 Å². The van der Waals surface area contributed by atoms with E-state index < -0.39 is 0 Å². The molecule has 0 unspecified atom stereocenters. The van der Waals surface area contributed by atoms with Crippen molar-refractivity contribution in [3.63, 3.8) is 0 Å². The van der Waals surface area contributed by atoms with Crippen molar-refractivity contribution in [3.8, 4) is 17.2 Å². The second-order valence-electron chi connectivity index (χ2n) is 4.35. The van der Waals surface area contributed by atoms with Gasteiger partial charge in [-0.3, -0.25) is 0 Å². The Bertz CT molecular complexity index is 540. The molecule has 2 aromatic carbocycles. The minimum absolute atomic E-state index is 0.470. The highest BCUT2D eigenvalue weighted by Crippen LogP contribution is 2.26. The highest BCUT2D eigenvalue weighted by molar-refractivity contribution is 5.45. The predicted octanol–water partition coefficient (Wildman–Crippen LogP) is 3.58. The standard InChI is InChI=1S/C17H21NO3/c1-3-19-16-6-4-5-7-17(16)21-13-12-20-15-10-8-14(18-2)9-11-15/h4-11,18H,3,12-13H2,1-2H3. The van der Waals surface area contributed by atoms with Gasteiger partial charge in [-0.05, 0) is 43.3 Å². The summed E-state index contributed by atoms with van der Waals surface area (Å²) in [6.07, 6.45) is 0. The van der Waals surface area contributed by atoms with Crippen molar-refractivity contribution < 1.29 is 14.2 Å². The SMILES string of the molecule is CCOc1ccccc1OCCOc1ccc(NC)cc1. The van der Waals surface area contributed by atoms with Crippen molar-refractivity contribution in [1.29, 1.82) is 0 Å². The van der Waals surface area contributed by atoms with Crippen LogP contribution in [0.4, 0.5) is 5.69 Å². The molecule has 0 saturated heterocycles. The lowest BCUT2D eigenvalue weighted by Gasteiger charge is -2.12. The van der Waals surface area contributed by atoms with Gasteiger partial charge in [0.2, 0.25) is 0 Å². The molecule has 2 rings (SSSR count). The van der Waals surface area contributed by atoms with Crippen LogP contribution in [0, 0.1) is 0 Å². The Morgan fingerprint density at radius 3 is 2.05 bits per heavy atom. The Labute approximate surface area is 125 Å². The van der Waals surface area contributed by atoms with Gasteiger partial charge < -0.3 is 19.5 Å². The van der Waals surface area contributed by atoms with Crippen molar-refractivity contribution in [1.82, 2.24) is 0 Å². The molecule has 1 N–H and O–H groups in total. The highest BCUT2D eigenvalue weighted by atomic mass is 16.5. The molecule has 2 aromatic rings. The van der Waals surface area contributed by atoms with E-state index in [1.165, 1.54) is 0 Å². The van der Waals surface area contributed by atoms with Gasteiger partial charge in [-0.1, -0.05) is 12.1 Å². The normalized spacial score (nSPS) is 10.0. The maximum atomic E-state index is 5.69. The van der Waals surface area contributed by atoms with Crippen LogP contribution in [0.1, 0.15) is 6.92 Å². The first kappa shape index (κ1) is 15.0. The molecule has 0 aliphatic rings. The van der Waals surface area contributed by atoms with E-state index in [2.05, 4.69) is 5.32 Å². The molecule has 0 bridgehead atoms. The maximum absolute atomic E-state index is 5.69. The molecule has 0 radical (unpaired) electrons. The minimum atomic E-state index is 0.470. The molecule has 0 aromatic heterocycles. The fourth-order valence-electron chi connectivity index (χ4n) is 1.87. The van der Waals surface area contributed by atoms with Crippen molar-refractivity contribution in [2.75, 3.05) is 32.2 Å². The zero-order valence-electron chi connectivity index (χ0n) is 12.5. The second kappa shape index (κ2) is 8.04. The van der Waals surface area contributed by atoms with E-state index in [9.17, 15) is 0 Å². The molecular weight excluding hydrogens is 266 g/mol. The Hall–Kier alpha value is -2.36. The Kier molecular flexibility index (Phi) is 5.76. The van der Waals surface area contributed by atoms with Gasteiger partial charge in [0.1, 0.15) is 19.0 Å². The zero-order chi connectivity index (χ0) is 14.9. The zero-order valence-corrected chi connectivity index (χ0v) is 12.5. The summed E-state index contributed by atoms with van der Waals surface area (Å²) in [6, 6.07) is 15.5. The van der Waals surface area contributed by atoms with Crippen LogP contribution in [0.5, 0.6) is 17.2 Å². The van der Waals surface area contributed by atoms with Gasteiger partial charge in [-0.2, -0.15) is 0 Å². The molecule has 0 saturated carbocycles. The summed E-state index contributed by atoms with van der Waals surface area (Å²) in [5.41, 5.74) is 1.06. The number of anilines is 1. The summed E-state index contributed by atoms with van der Waals surface area (Å²) in [7, 11) is 1.89. The van der Waals surface area contributed by atoms with E-state index in [1.807, 2.05) is 62.5 Å².